The van der Waals surface area contributed by atoms with E-state index in [0.717, 1.165) is 74.9 Å². The van der Waals surface area contributed by atoms with Crippen molar-refractivity contribution < 1.29 is 17.9 Å². The van der Waals surface area contributed by atoms with E-state index in [1.54, 1.807) is 30.5 Å². The highest BCUT2D eigenvalue weighted by atomic mass is 32.2. The third-order valence-electron chi connectivity index (χ3n) is 7.90. The first-order valence-electron chi connectivity index (χ1n) is 13.8. The van der Waals surface area contributed by atoms with Crippen LogP contribution in [-0.2, 0) is 14.8 Å². The van der Waals surface area contributed by atoms with E-state index >= 15 is 0 Å². The Kier molecular flexibility index (Phi) is 7.70. The lowest BCUT2D eigenvalue weighted by atomic mass is 9.81. The van der Waals surface area contributed by atoms with E-state index in [0.29, 0.717) is 35.1 Å². The average Bonchev–Trinajstić information content (AvgIpc) is 3.49. The van der Waals surface area contributed by atoms with Crippen molar-refractivity contribution in [2.75, 3.05) is 32.9 Å². The van der Waals surface area contributed by atoms with Gasteiger partial charge in [0.25, 0.3) is 15.2 Å². The number of pyridine rings is 1. The minimum Gasteiger partial charge on any atom is -0.470 e. The molecule has 0 bridgehead atoms. The van der Waals surface area contributed by atoms with Crippen LogP contribution in [0.5, 0.6) is 5.19 Å². The molecule has 6 rings (SSSR count). The Morgan fingerprint density at radius 1 is 1.10 bits per heavy atom. The van der Waals surface area contributed by atoms with Crippen molar-refractivity contribution in [3.8, 4) is 16.5 Å². The largest absolute Gasteiger partial charge is 0.470 e. The fourth-order valence-corrected chi connectivity index (χ4v) is 7.96. The van der Waals surface area contributed by atoms with Gasteiger partial charge in [0.1, 0.15) is 0 Å². The molecule has 2 fully saturated rings. The summed E-state index contributed by atoms with van der Waals surface area (Å²) in [6.07, 6.45) is 9.14. The fraction of sp³-hybridized carbons (Fsp3) is 0.448. The highest BCUT2D eigenvalue weighted by Gasteiger charge is 2.29. The normalized spacial score (nSPS) is 21.2. The highest BCUT2D eigenvalue weighted by Crippen LogP contribution is 2.39. The van der Waals surface area contributed by atoms with Crippen molar-refractivity contribution in [2.24, 2.45) is 0 Å². The number of ether oxygens (including phenoxy) is 2. The molecular formula is C29H34N4O4S2. The van der Waals surface area contributed by atoms with Gasteiger partial charge in [-0.3, -0.25) is 4.90 Å². The van der Waals surface area contributed by atoms with Gasteiger partial charge in [0.15, 0.2) is 5.65 Å². The zero-order valence-electron chi connectivity index (χ0n) is 22.2. The first-order valence-corrected chi connectivity index (χ1v) is 16.1. The van der Waals surface area contributed by atoms with Gasteiger partial charge in [-0.05, 0) is 68.7 Å². The summed E-state index contributed by atoms with van der Waals surface area (Å²) in [6, 6.07) is 11.2. The van der Waals surface area contributed by atoms with Gasteiger partial charge in [-0.15, -0.1) is 0 Å². The third kappa shape index (κ3) is 5.35. The molecule has 8 nitrogen and oxygen atoms in total. The number of rotatable bonds is 7. The molecule has 0 radical (unpaired) electrons. The zero-order valence-corrected chi connectivity index (χ0v) is 23.8. The van der Waals surface area contributed by atoms with Crippen molar-refractivity contribution in [1.29, 1.82) is 0 Å². The van der Waals surface area contributed by atoms with Crippen LogP contribution in [0.15, 0.2) is 59.1 Å². The molecule has 3 aromatic heterocycles. The maximum Gasteiger partial charge on any atom is 0.273 e. The predicted molar refractivity (Wildman–Crippen MR) is 153 cm³/mol. The zero-order chi connectivity index (χ0) is 26.8. The predicted octanol–water partition coefficient (Wildman–Crippen LogP) is 5.54. The number of hydrogen-bond donors (Lipinski definition) is 0. The van der Waals surface area contributed by atoms with Gasteiger partial charge in [-0.25, -0.2) is 22.4 Å². The molecule has 0 unspecified atom stereocenters. The van der Waals surface area contributed by atoms with Crippen LogP contribution in [0.25, 0.3) is 22.3 Å². The van der Waals surface area contributed by atoms with Crippen LogP contribution in [0.1, 0.15) is 50.5 Å². The Balaban J connectivity index is 1.35. The minimum atomic E-state index is -3.83. The van der Waals surface area contributed by atoms with Gasteiger partial charge in [0.05, 0.1) is 23.8 Å². The Labute approximate surface area is 233 Å². The molecule has 39 heavy (non-hydrogen) atoms. The van der Waals surface area contributed by atoms with E-state index in [4.69, 9.17) is 14.5 Å². The lowest BCUT2D eigenvalue weighted by Crippen LogP contribution is -2.39. The van der Waals surface area contributed by atoms with E-state index in [1.807, 2.05) is 24.6 Å². The molecule has 0 atom stereocenters. The third-order valence-corrected chi connectivity index (χ3v) is 10.3. The second kappa shape index (κ2) is 11.4. The van der Waals surface area contributed by atoms with Gasteiger partial charge in [-0.2, -0.15) is 0 Å². The molecule has 1 aromatic carbocycles. The van der Waals surface area contributed by atoms with E-state index in [-0.39, 0.29) is 4.90 Å². The lowest BCUT2D eigenvalue weighted by Gasteiger charge is -2.36. The van der Waals surface area contributed by atoms with Gasteiger partial charge in [0, 0.05) is 54.5 Å². The number of thiazole rings is 1. The SMILES string of the molecule is CCOc1nc(-c2cn(S(=O)(=O)c3ccccc3)c3ncc(C4CCC(N5CCCOCC5)CC4)cc23)cs1. The number of hydrogen-bond acceptors (Lipinski definition) is 8. The van der Waals surface area contributed by atoms with Crippen LogP contribution < -0.4 is 4.74 Å². The highest BCUT2D eigenvalue weighted by molar-refractivity contribution is 7.90. The van der Waals surface area contributed by atoms with Gasteiger partial charge < -0.3 is 9.47 Å². The molecule has 2 aliphatic rings. The van der Waals surface area contributed by atoms with Crippen molar-refractivity contribution >= 4 is 32.4 Å². The molecule has 0 N–H and O–H groups in total. The van der Waals surface area contributed by atoms with Crippen molar-refractivity contribution in [1.82, 2.24) is 18.8 Å². The lowest BCUT2D eigenvalue weighted by molar-refractivity contribution is 0.118. The molecule has 1 aliphatic carbocycles. The van der Waals surface area contributed by atoms with E-state index < -0.39 is 10.0 Å². The molecule has 4 heterocycles. The molecule has 4 aromatic rings. The van der Waals surface area contributed by atoms with Gasteiger partial charge in [0.2, 0.25) is 0 Å². The van der Waals surface area contributed by atoms with Crippen molar-refractivity contribution in [2.45, 2.75) is 55.9 Å². The summed E-state index contributed by atoms with van der Waals surface area (Å²) in [5.74, 6) is 0.401. The topological polar surface area (TPSA) is 86.6 Å². The van der Waals surface area contributed by atoms with E-state index in [1.165, 1.54) is 15.3 Å². The first kappa shape index (κ1) is 26.4. The number of benzene rings is 1. The van der Waals surface area contributed by atoms with Crippen LogP contribution >= 0.6 is 11.3 Å². The Morgan fingerprint density at radius 3 is 2.72 bits per heavy atom. The van der Waals surface area contributed by atoms with Crippen LogP contribution in [0.4, 0.5) is 0 Å². The Morgan fingerprint density at radius 2 is 1.92 bits per heavy atom. The summed E-state index contributed by atoms with van der Waals surface area (Å²) in [4.78, 5) is 12.2. The quantitative estimate of drug-likeness (QED) is 0.290. The number of nitrogens with zero attached hydrogens (tertiary/aromatic N) is 4. The molecule has 1 aliphatic heterocycles. The van der Waals surface area contributed by atoms with Crippen LogP contribution in [-0.4, -0.2) is 66.2 Å². The van der Waals surface area contributed by atoms with Crippen LogP contribution in [0.3, 0.4) is 0 Å². The van der Waals surface area contributed by atoms with Gasteiger partial charge in [-0.1, -0.05) is 29.5 Å². The minimum absolute atomic E-state index is 0.227. The standard InChI is InChI=1S/C29H34N4O4S2/c1-2-37-29-31-27(20-38-29)26-19-33(39(34,35)24-7-4-3-5-8-24)28-25(26)17-22(18-30-28)21-9-11-23(12-10-21)32-13-6-15-36-16-14-32/h3-5,7-8,17-21,23H,2,6,9-16H2,1H3. The molecule has 1 saturated carbocycles. The molecule has 0 spiro atoms. The maximum atomic E-state index is 13.7. The van der Waals surface area contributed by atoms with Crippen LogP contribution in [0, 0.1) is 0 Å². The maximum absolute atomic E-state index is 13.7. The van der Waals surface area contributed by atoms with Crippen LogP contribution in [0.2, 0.25) is 0 Å². The molecule has 10 heteroatoms. The van der Waals surface area contributed by atoms with Crippen molar-refractivity contribution in [3.05, 3.63) is 59.7 Å². The number of aromatic nitrogens is 3. The van der Waals surface area contributed by atoms with E-state index in [2.05, 4.69) is 16.0 Å². The summed E-state index contributed by atoms with van der Waals surface area (Å²) in [5.41, 5.74) is 3.03. The Bertz CT molecular complexity index is 1520. The summed E-state index contributed by atoms with van der Waals surface area (Å²) in [5, 5.41) is 3.29. The summed E-state index contributed by atoms with van der Waals surface area (Å²) < 4.78 is 39.9. The second-order valence-electron chi connectivity index (χ2n) is 10.2. The molecule has 1 saturated heterocycles. The van der Waals surface area contributed by atoms with Gasteiger partial charge >= 0.3 is 0 Å². The smallest absolute Gasteiger partial charge is 0.273 e. The fourth-order valence-electron chi connectivity index (χ4n) is 5.89. The monoisotopic (exact) mass is 566 g/mol. The molecular weight excluding hydrogens is 532 g/mol. The molecule has 0 amide bonds. The first-order chi connectivity index (χ1) is 19.0. The Hall–Kier alpha value is -2.79. The second-order valence-corrected chi connectivity index (χ2v) is 12.9. The van der Waals surface area contributed by atoms with Crippen molar-refractivity contribution in [3.63, 3.8) is 0 Å². The number of fused-ring (bicyclic) bond motifs is 1. The summed E-state index contributed by atoms with van der Waals surface area (Å²) >= 11 is 1.41. The van der Waals surface area contributed by atoms with E-state index in [9.17, 15) is 8.42 Å². The molecule has 206 valence electrons. The average molecular weight is 567 g/mol. The summed E-state index contributed by atoms with van der Waals surface area (Å²) in [6.45, 7) is 6.28. The summed E-state index contributed by atoms with van der Waals surface area (Å²) in [7, 11) is -3.83.